The van der Waals surface area contributed by atoms with Crippen molar-refractivity contribution in [3.63, 3.8) is 0 Å². The van der Waals surface area contributed by atoms with Gasteiger partial charge in [0.05, 0.1) is 9.48 Å². The minimum atomic E-state index is -1.22. The van der Waals surface area contributed by atoms with Crippen LogP contribution in [0.5, 0.6) is 0 Å². The first kappa shape index (κ1) is 11.6. The predicted octanol–water partition coefficient (Wildman–Crippen LogP) is -2.42. The van der Waals surface area contributed by atoms with E-state index in [-0.39, 0.29) is 34.6 Å². The molecule has 0 atom stereocenters. The van der Waals surface area contributed by atoms with Crippen LogP contribution in [0.4, 0.5) is 0 Å². The minimum absolute atomic E-state index is 0. The molecule has 0 bridgehead atoms. The number of aryl methyl sites for hydroxylation is 1. The molecular weight excluding hydrogens is 241 g/mol. The number of hydrogen-bond acceptors (Lipinski definition) is 4. The molecule has 1 heterocycles. The third kappa shape index (κ3) is 2.83. The first-order valence-electron chi connectivity index (χ1n) is 2.45. The maximum atomic E-state index is 10.2. The Bertz CT molecular complexity index is 256. The number of carbonyl (C=O) groups is 1. The summed E-state index contributed by atoms with van der Waals surface area (Å²) in [5.74, 6) is -1.22. The number of carboxylic acid groups (broad SMARTS) is 1. The normalized spacial score (nSPS) is 8.91. The standard InChI is InChI=1S/C5H4BrNO2S.Na/c1-2-3(6)10-4(7-2)5(8)9;/h1H3,(H,8,9);/q;+1/p-1. The van der Waals surface area contributed by atoms with E-state index in [4.69, 9.17) is 0 Å². The fraction of sp³-hybridized carbons (Fsp3) is 0.200. The molecule has 0 aromatic carbocycles. The summed E-state index contributed by atoms with van der Waals surface area (Å²) >= 11 is 4.22. The molecule has 0 aliphatic heterocycles. The number of halogens is 1. The topological polar surface area (TPSA) is 53.0 Å². The smallest absolute Gasteiger partial charge is 0.542 e. The van der Waals surface area contributed by atoms with Crippen molar-refractivity contribution in [1.82, 2.24) is 4.98 Å². The monoisotopic (exact) mass is 243 g/mol. The molecule has 0 saturated carbocycles. The summed E-state index contributed by atoms with van der Waals surface area (Å²) in [6.07, 6.45) is 0. The number of thiazole rings is 1. The Kier molecular flexibility index (Phi) is 4.81. The van der Waals surface area contributed by atoms with Gasteiger partial charge >= 0.3 is 29.6 Å². The van der Waals surface area contributed by atoms with Crippen LogP contribution in [0.15, 0.2) is 3.79 Å². The molecule has 0 fully saturated rings. The van der Waals surface area contributed by atoms with Crippen LogP contribution < -0.4 is 34.7 Å². The number of rotatable bonds is 1. The SMILES string of the molecule is Cc1nc(C(=O)[O-])sc1Br.[Na+]. The van der Waals surface area contributed by atoms with Crippen LogP contribution >= 0.6 is 27.3 Å². The van der Waals surface area contributed by atoms with E-state index in [0.29, 0.717) is 5.69 Å². The Morgan fingerprint density at radius 1 is 1.73 bits per heavy atom. The molecule has 0 aliphatic carbocycles. The zero-order valence-electron chi connectivity index (χ0n) is 6.05. The fourth-order valence-corrected chi connectivity index (χ4v) is 1.64. The van der Waals surface area contributed by atoms with Gasteiger partial charge in [0.1, 0.15) is 11.0 Å². The van der Waals surface area contributed by atoms with Crippen molar-refractivity contribution in [2.75, 3.05) is 0 Å². The average molecular weight is 244 g/mol. The van der Waals surface area contributed by atoms with Gasteiger partial charge in [0, 0.05) is 0 Å². The molecule has 1 aromatic heterocycles. The van der Waals surface area contributed by atoms with Crippen LogP contribution in [0.25, 0.3) is 0 Å². The van der Waals surface area contributed by atoms with Gasteiger partial charge in [-0.15, -0.1) is 11.3 Å². The summed E-state index contributed by atoms with van der Waals surface area (Å²) in [4.78, 5) is 13.9. The maximum absolute atomic E-state index is 10.2. The average Bonchev–Trinajstić information content (AvgIpc) is 2.13. The number of carbonyl (C=O) groups excluding carboxylic acids is 1. The van der Waals surface area contributed by atoms with Crippen molar-refractivity contribution in [3.05, 3.63) is 14.5 Å². The molecule has 0 aliphatic rings. The largest absolute Gasteiger partial charge is 1.00 e. The summed E-state index contributed by atoms with van der Waals surface area (Å²) < 4.78 is 0.742. The Hall–Kier alpha value is 0.580. The molecule has 11 heavy (non-hydrogen) atoms. The van der Waals surface area contributed by atoms with Crippen LogP contribution in [0.2, 0.25) is 0 Å². The van der Waals surface area contributed by atoms with Gasteiger partial charge in [-0.3, -0.25) is 0 Å². The van der Waals surface area contributed by atoms with Crippen LogP contribution in [-0.4, -0.2) is 11.0 Å². The Labute approximate surface area is 98.3 Å². The van der Waals surface area contributed by atoms with Crippen molar-refractivity contribution in [1.29, 1.82) is 0 Å². The Balaban J connectivity index is 0.000001000. The van der Waals surface area contributed by atoms with E-state index in [0.717, 1.165) is 15.1 Å². The number of aromatic nitrogens is 1. The number of carboxylic acids is 1. The molecule has 0 unspecified atom stereocenters. The van der Waals surface area contributed by atoms with Crippen molar-refractivity contribution < 1.29 is 39.5 Å². The van der Waals surface area contributed by atoms with E-state index < -0.39 is 5.97 Å². The summed E-state index contributed by atoms with van der Waals surface area (Å²) in [5.41, 5.74) is 0.684. The van der Waals surface area contributed by atoms with Gasteiger partial charge in [0.2, 0.25) is 0 Å². The van der Waals surface area contributed by atoms with Crippen molar-refractivity contribution in [2.24, 2.45) is 0 Å². The molecule has 1 aromatic rings. The second-order valence-corrected chi connectivity index (χ2v) is 3.98. The second-order valence-electron chi connectivity index (χ2n) is 1.67. The molecule has 0 spiro atoms. The predicted molar refractivity (Wildman–Crippen MR) is 38.9 cm³/mol. The van der Waals surface area contributed by atoms with E-state index in [1.165, 1.54) is 0 Å². The van der Waals surface area contributed by atoms with Crippen molar-refractivity contribution >= 4 is 33.2 Å². The third-order valence-corrected chi connectivity index (χ3v) is 2.90. The number of aromatic carboxylic acids is 1. The quantitative estimate of drug-likeness (QED) is 0.517. The van der Waals surface area contributed by atoms with Gasteiger partial charge < -0.3 is 9.90 Å². The van der Waals surface area contributed by atoms with E-state index in [1.807, 2.05) is 0 Å². The molecule has 6 heteroatoms. The van der Waals surface area contributed by atoms with E-state index >= 15 is 0 Å². The Morgan fingerprint density at radius 2 is 2.27 bits per heavy atom. The van der Waals surface area contributed by atoms with Crippen LogP contribution in [-0.2, 0) is 0 Å². The first-order valence-corrected chi connectivity index (χ1v) is 4.06. The zero-order valence-corrected chi connectivity index (χ0v) is 10.5. The second kappa shape index (κ2) is 4.57. The summed E-state index contributed by atoms with van der Waals surface area (Å²) in [5, 5.41) is 10.2. The summed E-state index contributed by atoms with van der Waals surface area (Å²) in [7, 11) is 0. The first-order chi connectivity index (χ1) is 4.61. The Morgan fingerprint density at radius 3 is 2.45 bits per heavy atom. The number of nitrogens with zero attached hydrogens (tertiary/aromatic N) is 1. The molecule has 0 amide bonds. The molecule has 3 nitrogen and oxygen atoms in total. The summed E-state index contributed by atoms with van der Waals surface area (Å²) in [6.45, 7) is 1.73. The molecule has 54 valence electrons. The minimum Gasteiger partial charge on any atom is -0.542 e. The molecule has 0 radical (unpaired) electrons. The van der Waals surface area contributed by atoms with Gasteiger partial charge in [-0.05, 0) is 22.9 Å². The van der Waals surface area contributed by atoms with E-state index in [9.17, 15) is 9.90 Å². The number of hydrogen-bond donors (Lipinski definition) is 0. The zero-order chi connectivity index (χ0) is 7.72. The fourth-order valence-electron chi connectivity index (χ4n) is 0.465. The van der Waals surface area contributed by atoms with Gasteiger partial charge in [0.25, 0.3) is 0 Å². The van der Waals surface area contributed by atoms with Gasteiger partial charge in [-0.2, -0.15) is 0 Å². The van der Waals surface area contributed by atoms with E-state index in [1.54, 1.807) is 6.92 Å². The third-order valence-electron chi connectivity index (χ3n) is 0.915. The van der Waals surface area contributed by atoms with Crippen LogP contribution in [0, 0.1) is 6.92 Å². The molecule has 1 rings (SSSR count). The van der Waals surface area contributed by atoms with Crippen LogP contribution in [0.1, 0.15) is 15.5 Å². The van der Waals surface area contributed by atoms with Gasteiger partial charge in [0.15, 0.2) is 0 Å². The van der Waals surface area contributed by atoms with Gasteiger partial charge in [-0.1, -0.05) is 0 Å². The van der Waals surface area contributed by atoms with Gasteiger partial charge in [-0.25, -0.2) is 4.98 Å². The van der Waals surface area contributed by atoms with Crippen LogP contribution in [0.3, 0.4) is 0 Å². The summed E-state index contributed by atoms with van der Waals surface area (Å²) in [6, 6.07) is 0. The maximum Gasteiger partial charge on any atom is 1.00 e. The van der Waals surface area contributed by atoms with Crippen molar-refractivity contribution in [3.8, 4) is 0 Å². The molecule has 0 N–H and O–H groups in total. The van der Waals surface area contributed by atoms with E-state index in [2.05, 4.69) is 20.9 Å². The van der Waals surface area contributed by atoms with Crippen molar-refractivity contribution in [2.45, 2.75) is 6.92 Å². The molecule has 0 saturated heterocycles. The molecular formula is C5H3BrNNaO2S.